The van der Waals surface area contributed by atoms with E-state index in [4.69, 9.17) is 0 Å². The molecular weight excluding hydrogens is 512 g/mol. The normalized spacial score (nSPS) is 15.6. The number of alkyl halides is 6. The number of nitriles is 1. The summed E-state index contributed by atoms with van der Waals surface area (Å²) in [6.07, 6.45) is -6.98. The molecule has 1 aromatic carbocycles. The van der Waals surface area contributed by atoms with E-state index in [1.807, 2.05) is 11.4 Å². The maximum atomic E-state index is 14.5. The molecule has 0 radical (unpaired) electrons. The summed E-state index contributed by atoms with van der Waals surface area (Å²) in [6, 6.07) is 4.63. The smallest absolute Gasteiger partial charge is 0.441 e. The van der Waals surface area contributed by atoms with Crippen molar-refractivity contribution in [3.63, 3.8) is 0 Å². The molecule has 0 aliphatic heterocycles. The number of fused-ring (bicyclic) bond motifs is 1. The molecule has 0 saturated carbocycles. The van der Waals surface area contributed by atoms with E-state index in [0.717, 1.165) is 42.7 Å². The van der Waals surface area contributed by atoms with Gasteiger partial charge in [0.25, 0.3) is 5.91 Å². The highest BCUT2D eigenvalue weighted by molar-refractivity contribution is 7.16. The SMILES string of the molecule is CCOC(=O)[C@](NC(=O)c1cccc(C(F)(F)F)c1)(Nc1sc2c(c1C#N)CCCCC2)C(F)(F)F. The number of nitrogens with one attached hydrogen (secondary N) is 2. The van der Waals surface area contributed by atoms with Gasteiger partial charge in [-0.05, 0) is 56.4 Å². The quantitative estimate of drug-likeness (QED) is 0.219. The Bertz CT molecular complexity index is 1190. The fourth-order valence-corrected chi connectivity index (χ4v) is 5.12. The molecule has 0 fully saturated rings. The average molecular weight is 533 g/mol. The van der Waals surface area contributed by atoms with E-state index in [9.17, 15) is 41.2 Å². The van der Waals surface area contributed by atoms with Crippen LogP contribution in [0.15, 0.2) is 24.3 Å². The Kier molecular flexibility index (Phi) is 7.88. The van der Waals surface area contributed by atoms with Crippen LogP contribution in [-0.2, 0) is 28.5 Å². The van der Waals surface area contributed by atoms with E-state index < -0.39 is 47.6 Å². The number of thiophene rings is 1. The van der Waals surface area contributed by atoms with Gasteiger partial charge < -0.3 is 15.4 Å². The molecule has 0 saturated heterocycles. The van der Waals surface area contributed by atoms with Crippen LogP contribution in [0.5, 0.6) is 0 Å². The Morgan fingerprint density at radius 1 is 1.11 bits per heavy atom. The van der Waals surface area contributed by atoms with Gasteiger partial charge in [0.05, 0.1) is 17.7 Å². The van der Waals surface area contributed by atoms with Crippen LogP contribution < -0.4 is 10.6 Å². The van der Waals surface area contributed by atoms with E-state index in [-0.39, 0.29) is 10.6 Å². The van der Waals surface area contributed by atoms with Crippen LogP contribution in [0.1, 0.15) is 58.1 Å². The van der Waals surface area contributed by atoms with E-state index in [2.05, 4.69) is 4.74 Å². The minimum Gasteiger partial charge on any atom is -0.463 e. The molecule has 1 aromatic heterocycles. The van der Waals surface area contributed by atoms with Crippen molar-refractivity contribution in [1.29, 1.82) is 5.26 Å². The number of hydrogen-bond acceptors (Lipinski definition) is 6. The lowest BCUT2D eigenvalue weighted by molar-refractivity contribution is -0.204. The fraction of sp³-hybridized carbons (Fsp3) is 0.435. The third-order valence-electron chi connectivity index (χ3n) is 5.59. The van der Waals surface area contributed by atoms with E-state index in [1.54, 1.807) is 0 Å². The molecule has 1 heterocycles. The number of nitrogens with zero attached hydrogens (tertiary/aromatic N) is 1. The van der Waals surface area contributed by atoms with Crippen molar-refractivity contribution >= 4 is 28.2 Å². The van der Waals surface area contributed by atoms with Crippen molar-refractivity contribution in [3.05, 3.63) is 51.4 Å². The number of carbonyl (C=O) groups excluding carboxylic acids is 2. The summed E-state index contributed by atoms with van der Waals surface area (Å²) in [6.45, 7) is 0.769. The number of benzene rings is 1. The highest BCUT2D eigenvalue weighted by atomic mass is 32.1. The lowest BCUT2D eigenvalue weighted by Crippen LogP contribution is -2.69. The van der Waals surface area contributed by atoms with Gasteiger partial charge in [-0.3, -0.25) is 4.79 Å². The fourth-order valence-electron chi connectivity index (χ4n) is 3.83. The van der Waals surface area contributed by atoms with Gasteiger partial charge in [0.15, 0.2) is 0 Å². The first kappa shape index (κ1) is 27.3. The average Bonchev–Trinajstić information content (AvgIpc) is 2.95. The number of ether oxygens (including phenoxy) is 1. The lowest BCUT2D eigenvalue weighted by atomic mass is 10.0. The van der Waals surface area contributed by atoms with Crippen molar-refractivity contribution in [2.75, 3.05) is 11.9 Å². The molecular formula is C23H21F6N3O3S. The molecule has 1 atom stereocenters. The molecule has 194 valence electrons. The summed E-state index contributed by atoms with van der Waals surface area (Å²) in [4.78, 5) is 26.2. The number of rotatable bonds is 6. The molecule has 1 aliphatic rings. The highest BCUT2D eigenvalue weighted by Crippen LogP contribution is 2.41. The zero-order valence-electron chi connectivity index (χ0n) is 18.9. The van der Waals surface area contributed by atoms with E-state index in [0.29, 0.717) is 35.4 Å². The lowest BCUT2D eigenvalue weighted by Gasteiger charge is -2.35. The zero-order valence-corrected chi connectivity index (χ0v) is 19.7. The second-order valence-corrected chi connectivity index (χ2v) is 9.11. The summed E-state index contributed by atoms with van der Waals surface area (Å²) in [5.41, 5.74) is -5.39. The second kappa shape index (κ2) is 10.4. The van der Waals surface area contributed by atoms with Crippen molar-refractivity contribution in [2.45, 2.75) is 57.0 Å². The number of hydrogen-bond donors (Lipinski definition) is 2. The minimum absolute atomic E-state index is 0.0804. The van der Waals surface area contributed by atoms with Crippen molar-refractivity contribution in [1.82, 2.24) is 5.32 Å². The highest BCUT2D eigenvalue weighted by Gasteiger charge is 2.64. The number of esters is 1. The summed E-state index contributed by atoms with van der Waals surface area (Å²) in [5, 5.41) is 12.9. The summed E-state index contributed by atoms with van der Waals surface area (Å²) in [7, 11) is 0. The van der Waals surface area contributed by atoms with Gasteiger partial charge in [0.2, 0.25) is 0 Å². The molecule has 3 rings (SSSR count). The molecule has 13 heteroatoms. The molecule has 2 aromatic rings. The number of halogens is 6. The van der Waals surface area contributed by atoms with Crippen LogP contribution in [0.2, 0.25) is 0 Å². The summed E-state index contributed by atoms with van der Waals surface area (Å²) >= 11 is 0.866. The first-order chi connectivity index (χ1) is 16.8. The van der Waals surface area contributed by atoms with E-state index >= 15 is 0 Å². The molecule has 0 unspecified atom stereocenters. The van der Waals surface area contributed by atoms with Gasteiger partial charge in [-0.15, -0.1) is 11.3 Å². The Balaban J connectivity index is 2.10. The van der Waals surface area contributed by atoms with Gasteiger partial charge in [-0.1, -0.05) is 12.5 Å². The van der Waals surface area contributed by atoms with Crippen LogP contribution in [0.25, 0.3) is 0 Å². The molecule has 36 heavy (non-hydrogen) atoms. The van der Waals surface area contributed by atoms with Crippen LogP contribution in [-0.4, -0.2) is 30.3 Å². The molecule has 0 spiro atoms. The summed E-state index contributed by atoms with van der Waals surface area (Å²) in [5.74, 6) is -3.53. The minimum atomic E-state index is -5.51. The van der Waals surface area contributed by atoms with Crippen LogP contribution in [0.3, 0.4) is 0 Å². The Labute approximate surface area is 206 Å². The number of aryl methyl sites for hydroxylation is 1. The van der Waals surface area contributed by atoms with Gasteiger partial charge >= 0.3 is 24.0 Å². The van der Waals surface area contributed by atoms with Crippen molar-refractivity contribution in [3.8, 4) is 6.07 Å². The Morgan fingerprint density at radius 3 is 2.42 bits per heavy atom. The van der Waals surface area contributed by atoms with Crippen LogP contribution >= 0.6 is 11.3 Å². The molecule has 2 N–H and O–H groups in total. The largest absolute Gasteiger partial charge is 0.463 e. The van der Waals surface area contributed by atoms with Crippen molar-refractivity contribution < 1.29 is 40.7 Å². The second-order valence-electron chi connectivity index (χ2n) is 8.01. The number of carbonyl (C=O) groups is 2. The summed E-state index contributed by atoms with van der Waals surface area (Å²) < 4.78 is 87.4. The molecule has 1 aliphatic carbocycles. The van der Waals surface area contributed by atoms with Gasteiger partial charge in [-0.2, -0.15) is 31.6 Å². The van der Waals surface area contributed by atoms with Gasteiger partial charge in [0.1, 0.15) is 11.1 Å². The predicted molar refractivity (Wildman–Crippen MR) is 118 cm³/mol. The Morgan fingerprint density at radius 2 is 1.81 bits per heavy atom. The topological polar surface area (TPSA) is 91.2 Å². The van der Waals surface area contributed by atoms with Gasteiger partial charge in [-0.25, -0.2) is 4.79 Å². The monoisotopic (exact) mass is 533 g/mol. The third kappa shape index (κ3) is 5.43. The number of anilines is 1. The maximum Gasteiger partial charge on any atom is 0.441 e. The Hall–Kier alpha value is -3.27. The molecule has 0 bridgehead atoms. The number of amides is 1. The molecule has 1 amide bonds. The van der Waals surface area contributed by atoms with Crippen molar-refractivity contribution in [2.24, 2.45) is 0 Å². The standard InChI is InChI=1S/C23H21F6N3O3S/c1-2-35-20(34)21(23(27,28)29,31-18(33)13-7-6-8-14(11-13)22(24,25)26)32-19-16(12-30)15-9-4-3-5-10-17(15)36-19/h6-8,11,32H,2-5,9-10H2,1H3,(H,31,33)/t21-/m0/s1. The third-order valence-corrected chi connectivity index (χ3v) is 6.80. The van der Waals surface area contributed by atoms with Crippen LogP contribution in [0.4, 0.5) is 31.3 Å². The first-order valence-corrected chi connectivity index (χ1v) is 11.7. The zero-order chi connectivity index (χ0) is 26.7. The first-order valence-electron chi connectivity index (χ1n) is 10.9. The van der Waals surface area contributed by atoms with Gasteiger partial charge in [0, 0.05) is 10.4 Å². The maximum absolute atomic E-state index is 14.5. The molecule has 6 nitrogen and oxygen atoms in total. The van der Waals surface area contributed by atoms with Crippen LogP contribution in [0, 0.1) is 11.3 Å². The predicted octanol–water partition coefficient (Wildman–Crippen LogP) is 5.57. The van der Waals surface area contributed by atoms with E-state index in [1.165, 1.54) is 12.2 Å².